The van der Waals surface area contributed by atoms with Gasteiger partial charge in [-0.15, -0.1) is 0 Å². The molecule has 2 aromatic carbocycles. The molecule has 2 heteroatoms. The SMILES string of the molecule is CCc1cc(-c2ccc(OC)c(C)c2)ccc1N. The summed E-state index contributed by atoms with van der Waals surface area (Å²) in [5.74, 6) is 0.921. The van der Waals surface area contributed by atoms with Gasteiger partial charge >= 0.3 is 0 Å². The molecule has 2 aromatic rings. The van der Waals surface area contributed by atoms with Crippen LogP contribution in [0.2, 0.25) is 0 Å². The van der Waals surface area contributed by atoms with Crippen molar-refractivity contribution >= 4 is 5.69 Å². The Hall–Kier alpha value is -1.96. The lowest BCUT2D eigenvalue weighted by Gasteiger charge is -2.10. The van der Waals surface area contributed by atoms with E-state index in [1.54, 1.807) is 7.11 Å². The highest BCUT2D eigenvalue weighted by molar-refractivity contribution is 5.69. The van der Waals surface area contributed by atoms with Crippen LogP contribution in [0.15, 0.2) is 36.4 Å². The molecule has 2 rings (SSSR count). The second-order valence-corrected chi connectivity index (χ2v) is 4.45. The predicted molar refractivity (Wildman–Crippen MR) is 77.0 cm³/mol. The summed E-state index contributed by atoms with van der Waals surface area (Å²) >= 11 is 0. The summed E-state index contributed by atoms with van der Waals surface area (Å²) in [5.41, 5.74) is 11.5. The van der Waals surface area contributed by atoms with Crippen molar-refractivity contribution < 1.29 is 4.74 Å². The molecule has 2 N–H and O–H groups in total. The van der Waals surface area contributed by atoms with Crippen molar-refractivity contribution in [3.63, 3.8) is 0 Å². The van der Waals surface area contributed by atoms with Crippen molar-refractivity contribution in [1.82, 2.24) is 0 Å². The normalized spacial score (nSPS) is 10.4. The molecular formula is C16H19NO. The van der Waals surface area contributed by atoms with E-state index < -0.39 is 0 Å². The number of benzene rings is 2. The van der Waals surface area contributed by atoms with Crippen molar-refractivity contribution in [3.05, 3.63) is 47.5 Å². The van der Waals surface area contributed by atoms with Gasteiger partial charge in [-0.25, -0.2) is 0 Å². The van der Waals surface area contributed by atoms with Crippen LogP contribution >= 0.6 is 0 Å². The van der Waals surface area contributed by atoms with Gasteiger partial charge in [0.15, 0.2) is 0 Å². The molecule has 0 unspecified atom stereocenters. The van der Waals surface area contributed by atoms with E-state index in [4.69, 9.17) is 10.5 Å². The van der Waals surface area contributed by atoms with Crippen LogP contribution in [0.3, 0.4) is 0 Å². The van der Waals surface area contributed by atoms with Gasteiger partial charge in [0.2, 0.25) is 0 Å². The van der Waals surface area contributed by atoms with Crippen LogP contribution < -0.4 is 10.5 Å². The van der Waals surface area contributed by atoms with Gasteiger partial charge in [0.1, 0.15) is 5.75 Å². The third kappa shape index (κ3) is 2.33. The fraction of sp³-hybridized carbons (Fsp3) is 0.250. The maximum Gasteiger partial charge on any atom is 0.121 e. The van der Waals surface area contributed by atoms with Gasteiger partial charge in [0.25, 0.3) is 0 Å². The van der Waals surface area contributed by atoms with Gasteiger partial charge in [0.05, 0.1) is 7.11 Å². The third-order valence-electron chi connectivity index (χ3n) is 3.25. The molecule has 18 heavy (non-hydrogen) atoms. The summed E-state index contributed by atoms with van der Waals surface area (Å²) in [6, 6.07) is 12.4. The van der Waals surface area contributed by atoms with E-state index in [0.29, 0.717) is 0 Å². The standard InChI is InChI=1S/C16H19NO/c1-4-12-10-14(5-7-15(12)17)13-6-8-16(18-3)11(2)9-13/h5-10H,4,17H2,1-3H3. The Kier molecular flexibility index (Phi) is 3.56. The molecule has 94 valence electrons. The first-order valence-electron chi connectivity index (χ1n) is 6.19. The number of nitrogen functional groups attached to an aromatic ring is 1. The lowest BCUT2D eigenvalue weighted by Crippen LogP contribution is -1.93. The van der Waals surface area contributed by atoms with Crippen LogP contribution in [0.4, 0.5) is 5.69 Å². The topological polar surface area (TPSA) is 35.2 Å². The minimum absolute atomic E-state index is 0.867. The molecule has 0 fully saturated rings. The molecule has 2 nitrogen and oxygen atoms in total. The predicted octanol–water partition coefficient (Wildman–Crippen LogP) is 3.82. The number of ether oxygens (including phenoxy) is 1. The number of hydrogen-bond donors (Lipinski definition) is 1. The Bertz CT molecular complexity index is 561. The minimum Gasteiger partial charge on any atom is -0.496 e. The molecule has 0 saturated heterocycles. The zero-order valence-corrected chi connectivity index (χ0v) is 11.2. The van der Waals surface area contributed by atoms with Gasteiger partial charge in [-0.3, -0.25) is 0 Å². The lowest BCUT2D eigenvalue weighted by molar-refractivity contribution is 0.412. The van der Waals surface area contributed by atoms with E-state index in [2.05, 4.69) is 38.1 Å². The minimum atomic E-state index is 0.867. The van der Waals surface area contributed by atoms with Gasteiger partial charge in [0, 0.05) is 5.69 Å². The summed E-state index contributed by atoms with van der Waals surface area (Å²) in [6.45, 7) is 4.18. The summed E-state index contributed by atoms with van der Waals surface area (Å²) in [7, 11) is 1.69. The lowest BCUT2D eigenvalue weighted by atomic mass is 9.99. The highest BCUT2D eigenvalue weighted by Crippen LogP contribution is 2.28. The van der Waals surface area contributed by atoms with Crippen LogP contribution in [-0.2, 0) is 6.42 Å². The van der Waals surface area contributed by atoms with Gasteiger partial charge < -0.3 is 10.5 Å². The molecule has 0 aromatic heterocycles. The van der Waals surface area contributed by atoms with E-state index in [-0.39, 0.29) is 0 Å². The monoisotopic (exact) mass is 241 g/mol. The van der Waals surface area contributed by atoms with Crippen molar-refractivity contribution in [1.29, 1.82) is 0 Å². The van der Waals surface area contributed by atoms with Crippen molar-refractivity contribution in [2.45, 2.75) is 20.3 Å². The van der Waals surface area contributed by atoms with Crippen LogP contribution in [0.25, 0.3) is 11.1 Å². The Morgan fingerprint density at radius 3 is 2.33 bits per heavy atom. The number of methoxy groups -OCH3 is 1. The highest BCUT2D eigenvalue weighted by atomic mass is 16.5. The third-order valence-corrected chi connectivity index (χ3v) is 3.25. The van der Waals surface area contributed by atoms with E-state index in [1.807, 2.05) is 12.1 Å². The number of anilines is 1. The van der Waals surface area contributed by atoms with Gasteiger partial charge in [-0.05, 0) is 59.9 Å². The maximum atomic E-state index is 5.93. The first-order chi connectivity index (χ1) is 8.65. The molecule has 0 aliphatic heterocycles. The first-order valence-corrected chi connectivity index (χ1v) is 6.19. The Morgan fingerprint density at radius 2 is 1.72 bits per heavy atom. The second-order valence-electron chi connectivity index (χ2n) is 4.45. The Balaban J connectivity index is 2.45. The first kappa shape index (κ1) is 12.5. The van der Waals surface area contributed by atoms with E-state index in [0.717, 1.165) is 23.4 Å². The fourth-order valence-electron chi connectivity index (χ4n) is 2.15. The quantitative estimate of drug-likeness (QED) is 0.829. The van der Waals surface area contributed by atoms with Crippen LogP contribution in [0.1, 0.15) is 18.1 Å². The molecule has 0 radical (unpaired) electrons. The molecule has 0 heterocycles. The number of nitrogens with two attached hydrogens (primary N) is 1. The summed E-state index contributed by atoms with van der Waals surface area (Å²) in [5, 5.41) is 0. The largest absolute Gasteiger partial charge is 0.496 e. The zero-order chi connectivity index (χ0) is 13.1. The molecule has 0 spiro atoms. The Morgan fingerprint density at radius 1 is 1.06 bits per heavy atom. The average Bonchev–Trinajstić information content (AvgIpc) is 2.39. The van der Waals surface area contributed by atoms with Gasteiger partial charge in [-0.1, -0.05) is 19.1 Å². The molecule has 0 aliphatic carbocycles. The van der Waals surface area contributed by atoms with Crippen molar-refractivity contribution in [2.75, 3.05) is 12.8 Å². The highest BCUT2D eigenvalue weighted by Gasteiger charge is 2.04. The van der Waals surface area contributed by atoms with Gasteiger partial charge in [-0.2, -0.15) is 0 Å². The number of hydrogen-bond acceptors (Lipinski definition) is 2. The van der Waals surface area contributed by atoms with Crippen LogP contribution in [0, 0.1) is 6.92 Å². The zero-order valence-electron chi connectivity index (χ0n) is 11.2. The van der Waals surface area contributed by atoms with E-state index in [1.165, 1.54) is 16.7 Å². The fourth-order valence-corrected chi connectivity index (χ4v) is 2.15. The average molecular weight is 241 g/mol. The van der Waals surface area contributed by atoms with Crippen molar-refractivity contribution in [3.8, 4) is 16.9 Å². The smallest absolute Gasteiger partial charge is 0.121 e. The Labute approximate surface area is 108 Å². The van der Waals surface area contributed by atoms with Crippen molar-refractivity contribution in [2.24, 2.45) is 0 Å². The number of aryl methyl sites for hydroxylation is 2. The maximum absolute atomic E-state index is 5.93. The van der Waals surface area contributed by atoms with E-state index >= 15 is 0 Å². The second kappa shape index (κ2) is 5.13. The summed E-state index contributed by atoms with van der Waals surface area (Å²) in [6.07, 6.45) is 0.953. The molecule has 0 atom stereocenters. The van der Waals surface area contributed by atoms with Crippen LogP contribution in [-0.4, -0.2) is 7.11 Å². The summed E-state index contributed by atoms with van der Waals surface area (Å²) in [4.78, 5) is 0. The summed E-state index contributed by atoms with van der Waals surface area (Å²) < 4.78 is 5.28. The molecule has 0 saturated carbocycles. The molecule has 0 amide bonds. The van der Waals surface area contributed by atoms with E-state index in [9.17, 15) is 0 Å². The molecular weight excluding hydrogens is 222 g/mol. The molecule has 0 bridgehead atoms. The molecule has 0 aliphatic rings. The number of rotatable bonds is 3. The van der Waals surface area contributed by atoms with Crippen LogP contribution in [0.5, 0.6) is 5.75 Å².